The molecule has 2 aromatic rings. The topological polar surface area (TPSA) is 75.1 Å². The zero-order valence-corrected chi connectivity index (χ0v) is 9.58. The van der Waals surface area contributed by atoms with Gasteiger partial charge in [0.15, 0.2) is 5.58 Å². The Kier molecular flexibility index (Phi) is 3.27. The highest BCUT2D eigenvalue weighted by Gasteiger charge is 2.02. The molecule has 2 rings (SSSR count). The number of hydrogen-bond acceptors (Lipinski definition) is 3. The van der Waals surface area contributed by atoms with Gasteiger partial charge >= 0.3 is 5.76 Å². The van der Waals surface area contributed by atoms with E-state index in [-0.39, 0.29) is 5.91 Å². The predicted molar refractivity (Wildman–Crippen MR) is 63.8 cm³/mol. The van der Waals surface area contributed by atoms with Crippen molar-refractivity contribution in [3.8, 4) is 0 Å². The molecule has 0 radical (unpaired) electrons. The third kappa shape index (κ3) is 2.75. The highest BCUT2D eigenvalue weighted by Crippen LogP contribution is 2.12. The maximum absolute atomic E-state index is 11.0. The summed E-state index contributed by atoms with van der Waals surface area (Å²) in [6.07, 6.45) is 1.23. The van der Waals surface area contributed by atoms with E-state index >= 15 is 0 Å². The van der Waals surface area contributed by atoms with Crippen molar-refractivity contribution in [3.05, 3.63) is 34.3 Å². The summed E-state index contributed by atoms with van der Waals surface area (Å²) in [5.74, 6) is -0.403. The standard InChI is InChI=1S/C12H14N2O3/c1-2-11(15)13-6-5-8-3-4-10-9(7-8)14-12(16)17-10/h3-4,7H,2,5-6H2,1H3,(H,13,15)(H,14,16). The molecule has 17 heavy (non-hydrogen) atoms. The highest BCUT2D eigenvalue weighted by atomic mass is 16.4. The summed E-state index contributed by atoms with van der Waals surface area (Å²) >= 11 is 0. The third-order valence-electron chi connectivity index (χ3n) is 2.54. The predicted octanol–water partition coefficient (Wildman–Crippen LogP) is 1.19. The zero-order valence-electron chi connectivity index (χ0n) is 9.58. The molecule has 5 heteroatoms. The van der Waals surface area contributed by atoms with Gasteiger partial charge in [0.25, 0.3) is 0 Å². The maximum atomic E-state index is 11.0. The number of aromatic nitrogens is 1. The normalized spacial score (nSPS) is 10.6. The van der Waals surface area contributed by atoms with Gasteiger partial charge in [-0.25, -0.2) is 4.79 Å². The molecule has 0 unspecified atom stereocenters. The lowest BCUT2D eigenvalue weighted by Crippen LogP contribution is -2.24. The van der Waals surface area contributed by atoms with Crippen LogP contribution < -0.4 is 11.1 Å². The molecule has 2 N–H and O–H groups in total. The molecule has 0 aliphatic rings. The second kappa shape index (κ2) is 4.86. The van der Waals surface area contributed by atoms with E-state index in [1.807, 2.05) is 19.1 Å². The number of H-pyrrole nitrogens is 1. The van der Waals surface area contributed by atoms with Gasteiger partial charge in [0.1, 0.15) is 0 Å². The van der Waals surface area contributed by atoms with Crippen LogP contribution in [0.1, 0.15) is 18.9 Å². The van der Waals surface area contributed by atoms with Gasteiger partial charge < -0.3 is 9.73 Å². The van der Waals surface area contributed by atoms with E-state index in [0.29, 0.717) is 24.1 Å². The molecule has 0 fully saturated rings. The molecule has 0 bridgehead atoms. The summed E-state index contributed by atoms with van der Waals surface area (Å²) in [4.78, 5) is 24.6. The second-order valence-electron chi connectivity index (χ2n) is 3.80. The van der Waals surface area contributed by atoms with Crippen LogP contribution in [-0.2, 0) is 11.2 Å². The van der Waals surface area contributed by atoms with Crippen molar-refractivity contribution in [1.82, 2.24) is 10.3 Å². The summed E-state index contributed by atoms with van der Waals surface area (Å²) in [6.45, 7) is 2.41. The summed E-state index contributed by atoms with van der Waals surface area (Å²) in [7, 11) is 0. The average molecular weight is 234 g/mol. The van der Waals surface area contributed by atoms with E-state index in [1.165, 1.54) is 0 Å². The third-order valence-corrected chi connectivity index (χ3v) is 2.54. The second-order valence-corrected chi connectivity index (χ2v) is 3.80. The van der Waals surface area contributed by atoms with Gasteiger partial charge in [-0.2, -0.15) is 0 Å². The molecule has 0 aliphatic heterocycles. The molecule has 0 saturated heterocycles. The number of rotatable bonds is 4. The fourth-order valence-electron chi connectivity index (χ4n) is 1.63. The zero-order chi connectivity index (χ0) is 12.3. The fraction of sp³-hybridized carbons (Fsp3) is 0.333. The van der Waals surface area contributed by atoms with Crippen molar-refractivity contribution >= 4 is 17.0 Å². The first kappa shape index (κ1) is 11.4. The fourth-order valence-corrected chi connectivity index (χ4v) is 1.63. The summed E-state index contributed by atoms with van der Waals surface area (Å²) < 4.78 is 4.90. The Bertz CT molecular complexity index is 583. The molecule has 0 atom stereocenters. The molecule has 1 aromatic heterocycles. The Morgan fingerprint density at radius 3 is 3.06 bits per heavy atom. The van der Waals surface area contributed by atoms with Gasteiger partial charge in [0, 0.05) is 13.0 Å². The summed E-state index contributed by atoms with van der Waals surface area (Å²) in [6, 6.07) is 5.50. The molecule has 1 aromatic carbocycles. The van der Waals surface area contributed by atoms with E-state index in [1.54, 1.807) is 6.07 Å². The number of carbonyl (C=O) groups is 1. The van der Waals surface area contributed by atoms with Crippen LogP contribution in [0.2, 0.25) is 0 Å². The molecule has 0 aliphatic carbocycles. The Morgan fingerprint density at radius 2 is 2.29 bits per heavy atom. The van der Waals surface area contributed by atoms with E-state index in [9.17, 15) is 9.59 Å². The minimum Gasteiger partial charge on any atom is -0.408 e. The average Bonchev–Trinajstić information content (AvgIpc) is 2.68. The van der Waals surface area contributed by atoms with Gasteiger partial charge in [0.2, 0.25) is 5.91 Å². The molecule has 5 nitrogen and oxygen atoms in total. The summed E-state index contributed by atoms with van der Waals surface area (Å²) in [5.41, 5.74) is 2.29. The van der Waals surface area contributed by atoms with Crippen molar-refractivity contribution in [2.75, 3.05) is 6.54 Å². The minimum atomic E-state index is -0.448. The van der Waals surface area contributed by atoms with Crippen molar-refractivity contribution in [3.63, 3.8) is 0 Å². The van der Waals surface area contributed by atoms with E-state index in [4.69, 9.17) is 4.42 Å². The number of oxazole rings is 1. The highest BCUT2D eigenvalue weighted by molar-refractivity contribution is 5.75. The van der Waals surface area contributed by atoms with Gasteiger partial charge in [-0.3, -0.25) is 9.78 Å². The quantitative estimate of drug-likeness (QED) is 0.834. The van der Waals surface area contributed by atoms with Crippen LogP contribution in [0.5, 0.6) is 0 Å². The largest absolute Gasteiger partial charge is 0.417 e. The van der Waals surface area contributed by atoms with Crippen LogP contribution in [0.4, 0.5) is 0 Å². The van der Waals surface area contributed by atoms with Crippen molar-refractivity contribution < 1.29 is 9.21 Å². The van der Waals surface area contributed by atoms with E-state index in [0.717, 1.165) is 12.0 Å². The number of aromatic amines is 1. The van der Waals surface area contributed by atoms with Gasteiger partial charge in [0.05, 0.1) is 5.52 Å². The van der Waals surface area contributed by atoms with Gasteiger partial charge in [-0.05, 0) is 24.1 Å². The lowest BCUT2D eigenvalue weighted by atomic mass is 10.1. The molecule has 0 spiro atoms. The van der Waals surface area contributed by atoms with Gasteiger partial charge in [-0.15, -0.1) is 0 Å². The molecule has 1 amide bonds. The molecular formula is C12H14N2O3. The first-order valence-corrected chi connectivity index (χ1v) is 5.57. The summed E-state index contributed by atoms with van der Waals surface area (Å²) in [5, 5.41) is 2.80. The van der Waals surface area contributed by atoms with Crippen LogP contribution in [0.15, 0.2) is 27.4 Å². The number of carbonyl (C=O) groups excluding carboxylic acids is 1. The molecular weight excluding hydrogens is 220 g/mol. The Morgan fingerprint density at radius 1 is 1.47 bits per heavy atom. The number of nitrogens with one attached hydrogen (secondary N) is 2. The Hall–Kier alpha value is -2.04. The first-order valence-electron chi connectivity index (χ1n) is 5.57. The first-order chi connectivity index (χ1) is 8.19. The number of amides is 1. The van der Waals surface area contributed by atoms with Crippen LogP contribution >= 0.6 is 0 Å². The number of fused-ring (bicyclic) bond motifs is 1. The van der Waals surface area contributed by atoms with Gasteiger partial charge in [-0.1, -0.05) is 13.0 Å². The maximum Gasteiger partial charge on any atom is 0.417 e. The van der Waals surface area contributed by atoms with Crippen LogP contribution in [0.3, 0.4) is 0 Å². The lowest BCUT2D eigenvalue weighted by molar-refractivity contribution is -0.120. The monoisotopic (exact) mass is 234 g/mol. The van der Waals surface area contributed by atoms with Crippen molar-refractivity contribution in [2.24, 2.45) is 0 Å². The van der Waals surface area contributed by atoms with Crippen molar-refractivity contribution in [1.29, 1.82) is 0 Å². The smallest absolute Gasteiger partial charge is 0.408 e. The Labute approximate surface area is 97.8 Å². The minimum absolute atomic E-state index is 0.0443. The molecule has 1 heterocycles. The van der Waals surface area contributed by atoms with Crippen molar-refractivity contribution in [2.45, 2.75) is 19.8 Å². The number of benzene rings is 1. The van der Waals surface area contributed by atoms with Crippen LogP contribution in [0.25, 0.3) is 11.1 Å². The van der Waals surface area contributed by atoms with E-state index < -0.39 is 5.76 Å². The SMILES string of the molecule is CCC(=O)NCCc1ccc2oc(=O)[nH]c2c1. The van der Waals surface area contributed by atoms with E-state index in [2.05, 4.69) is 10.3 Å². The number of hydrogen-bond donors (Lipinski definition) is 2. The Balaban J connectivity index is 2.04. The molecule has 0 saturated carbocycles. The van der Waals surface area contributed by atoms with Crippen LogP contribution in [0, 0.1) is 0 Å². The van der Waals surface area contributed by atoms with Crippen LogP contribution in [-0.4, -0.2) is 17.4 Å². The molecule has 90 valence electrons. The lowest BCUT2D eigenvalue weighted by Gasteiger charge is -2.03.